The first-order valence-corrected chi connectivity index (χ1v) is 9.52. The molecule has 0 bridgehead atoms. The van der Waals surface area contributed by atoms with E-state index in [1.54, 1.807) is 0 Å². The molecular weight excluding hydrogens is 338 g/mol. The molecule has 0 heterocycles. The van der Waals surface area contributed by atoms with Crippen LogP contribution in [0.2, 0.25) is 0 Å². The van der Waals surface area contributed by atoms with Gasteiger partial charge in [0.15, 0.2) is 0 Å². The molecule has 0 radical (unpaired) electrons. The van der Waals surface area contributed by atoms with E-state index in [9.17, 15) is 9.59 Å². The Bertz CT molecular complexity index is 768. The lowest BCUT2D eigenvalue weighted by Crippen LogP contribution is -2.38. The first kappa shape index (κ1) is 19.0. The number of benzene rings is 2. The van der Waals surface area contributed by atoms with Crippen molar-refractivity contribution in [1.82, 2.24) is 10.6 Å². The van der Waals surface area contributed by atoms with Crippen molar-refractivity contribution >= 4 is 17.6 Å². The van der Waals surface area contributed by atoms with Crippen molar-refractivity contribution in [3.05, 3.63) is 65.7 Å². The summed E-state index contributed by atoms with van der Waals surface area (Å²) in [5.41, 5.74) is 2.90. The first-order valence-electron chi connectivity index (χ1n) is 9.52. The zero-order valence-electron chi connectivity index (χ0n) is 15.9. The van der Waals surface area contributed by atoms with E-state index in [2.05, 4.69) is 28.1 Å². The van der Waals surface area contributed by atoms with Gasteiger partial charge in [-0.2, -0.15) is 0 Å². The van der Waals surface area contributed by atoms with Crippen LogP contribution < -0.4 is 16.0 Å². The molecule has 1 fully saturated rings. The van der Waals surface area contributed by atoms with E-state index in [-0.39, 0.29) is 23.9 Å². The third-order valence-electron chi connectivity index (χ3n) is 4.74. The van der Waals surface area contributed by atoms with Gasteiger partial charge in [-0.25, -0.2) is 4.79 Å². The first-order chi connectivity index (χ1) is 13.0. The van der Waals surface area contributed by atoms with E-state index in [4.69, 9.17) is 0 Å². The highest BCUT2D eigenvalue weighted by Crippen LogP contribution is 2.40. The molecule has 2 aromatic carbocycles. The van der Waals surface area contributed by atoms with Gasteiger partial charge in [0.1, 0.15) is 0 Å². The van der Waals surface area contributed by atoms with E-state index >= 15 is 0 Å². The fourth-order valence-electron chi connectivity index (χ4n) is 2.93. The van der Waals surface area contributed by atoms with Crippen molar-refractivity contribution in [2.75, 3.05) is 5.32 Å². The topological polar surface area (TPSA) is 70.2 Å². The van der Waals surface area contributed by atoms with Crippen molar-refractivity contribution in [2.24, 2.45) is 11.8 Å². The van der Waals surface area contributed by atoms with Crippen LogP contribution in [0.15, 0.2) is 54.6 Å². The summed E-state index contributed by atoms with van der Waals surface area (Å²) in [4.78, 5) is 24.1. The van der Waals surface area contributed by atoms with Crippen LogP contribution in [0.1, 0.15) is 43.9 Å². The van der Waals surface area contributed by atoms with E-state index in [0.717, 1.165) is 29.7 Å². The van der Waals surface area contributed by atoms with Crippen LogP contribution in [0.4, 0.5) is 10.5 Å². The van der Waals surface area contributed by atoms with Crippen molar-refractivity contribution in [3.8, 4) is 0 Å². The highest BCUT2D eigenvalue weighted by molar-refractivity contribution is 5.92. The van der Waals surface area contributed by atoms with Crippen LogP contribution in [0.25, 0.3) is 0 Å². The maximum Gasteiger partial charge on any atom is 0.315 e. The van der Waals surface area contributed by atoms with E-state index in [1.165, 1.54) is 0 Å². The van der Waals surface area contributed by atoms with Gasteiger partial charge in [0.05, 0.1) is 6.04 Å². The standard InChI is InChI=1S/C22H27N3O2/c1-15(2)21(26)24-19-12-8-16(9-13-19)14-23-22(27)25-20(18-10-11-18)17-6-4-3-5-7-17/h3-9,12-13,15,18,20H,10-11,14H2,1-2H3,(H,24,26)(H2,23,25,27). The quantitative estimate of drug-likeness (QED) is 0.687. The molecule has 1 aliphatic carbocycles. The third kappa shape index (κ3) is 5.58. The minimum absolute atomic E-state index is 0.00715. The van der Waals surface area contributed by atoms with Crippen LogP contribution in [0.3, 0.4) is 0 Å². The molecule has 3 rings (SSSR count). The number of urea groups is 1. The van der Waals surface area contributed by atoms with Crippen LogP contribution in [0, 0.1) is 11.8 Å². The lowest BCUT2D eigenvalue weighted by molar-refractivity contribution is -0.118. The molecular formula is C22H27N3O2. The molecule has 2 aromatic rings. The minimum Gasteiger partial charge on any atom is -0.334 e. The molecule has 0 saturated heterocycles. The number of hydrogen-bond acceptors (Lipinski definition) is 2. The van der Waals surface area contributed by atoms with Crippen LogP contribution in [0.5, 0.6) is 0 Å². The number of carbonyl (C=O) groups is 2. The molecule has 3 amide bonds. The Morgan fingerprint density at radius 2 is 1.67 bits per heavy atom. The fourth-order valence-corrected chi connectivity index (χ4v) is 2.93. The van der Waals surface area contributed by atoms with Crippen molar-refractivity contribution in [2.45, 2.75) is 39.3 Å². The Morgan fingerprint density at radius 3 is 2.26 bits per heavy atom. The number of anilines is 1. The Labute approximate surface area is 160 Å². The summed E-state index contributed by atoms with van der Waals surface area (Å²) in [5.74, 6) is 0.466. The van der Waals surface area contributed by atoms with Gasteiger partial charge in [0, 0.05) is 18.2 Å². The number of amides is 3. The molecule has 5 nitrogen and oxygen atoms in total. The summed E-state index contributed by atoms with van der Waals surface area (Å²) in [5, 5.41) is 8.89. The van der Waals surface area contributed by atoms with E-state index < -0.39 is 0 Å². The number of hydrogen-bond donors (Lipinski definition) is 3. The van der Waals surface area contributed by atoms with Crippen molar-refractivity contribution < 1.29 is 9.59 Å². The second-order valence-corrected chi connectivity index (χ2v) is 7.39. The lowest BCUT2D eigenvalue weighted by atomic mass is 10.0. The van der Waals surface area contributed by atoms with Crippen LogP contribution in [-0.2, 0) is 11.3 Å². The lowest BCUT2D eigenvalue weighted by Gasteiger charge is -2.19. The average Bonchev–Trinajstić information content (AvgIpc) is 3.51. The summed E-state index contributed by atoms with van der Waals surface area (Å²) < 4.78 is 0. The molecule has 27 heavy (non-hydrogen) atoms. The second kappa shape index (κ2) is 8.71. The van der Waals surface area contributed by atoms with Gasteiger partial charge in [-0.05, 0) is 42.0 Å². The molecule has 1 atom stereocenters. The molecule has 0 aliphatic heterocycles. The van der Waals surface area contributed by atoms with Gasteiger partial charge < -0.3 is 16.0 Å². The largest absolute Gasteiger partial charge is 0.334 e. The summed E-state index contributed by atoms with van der Waals surface area (Å²) in [7, 11) is 0. The van der Waals surface area contributed by atoms with Gasteiger partial charge in [-0.3, -0.25) is 4.79 Å². The smallest absolute Gasteiger partial charge is 0.315 e. The number of nitrogens with one attached hydrogen (secondary N) is 3. The normalized spacial score (nSPS) is 14.5. The highest BCUT2D eigenvalue weighted by Gasteiger charge is 2.33. The highest BCUT2D eigenvalue weighted by atomic mass is 16.2. The maximum atomic E-state index is 12.3. The van der Waals surface area contributed by atoms with Crippen LogP contribution >= 0.6 is 0 Å². The third-order valence-corrected chi connectivity index (χ3v) is 4.74. The predicted molar refractivity (Wildman–Crippen MR) is 107 cm³/mol. The summed E-state index contributed by atoms with van der Waals surface area (Å²) in [6.45, 7) is 4.16. The SMILES string of the molecule is CC(C)C(=O)Nc1ccc(CNC(=O)NC(c2ccccc2)C2CC2)cc1. The molecule has 1 aliphatic rings. The van der Waals surface area contributed by atoms with Gasteiger partial charge in [0.2, 0.25) is 5.91 Å². The van der Waals surface area contributed by atoms with Gasteiger partial charge in [-0.15, -0.1) is 0 Å². The molecule has 142 valence electrons. The zero-order valence-corrected chi connectivity index (χ0v) is 15.9. The van der Waals surface area contributed by atoms with Gasteiger partial charge in [0.25, 0.3) is 0 Å². The predicted octanol–water partition coefficient (Wildman–Crippen LogP) is 4.23. The second-order valence-electron chi connectivity index (χ2n) is 7.39. The molecule has 0 aromatic heterocycles. The summed E-state index contributed by atoms with van der Waals surface area (Å²) in [6, 6.07) is 17.6. The Balaban J connectivity index is 1.50. The zero-order chi connectivity index (χ0) is 19.2. The fraction of sp³-hybridized carbons (Fsp3) is 0.364. The van der Waals surface area contributed by atoms with Gasteiger partial charge >= 0.3 is 6.03 Å². The molecule has 0 spiro atoms. The minimum atomic E-state index is -0.159. The maximum absolute atomic E-state index is 12.3. The van der Waals surface area contributed by atoms with Crippen LogP contribution in [-0.4, -0.2) is 11.9 Å². The number of rotatable bonds is 7. The van der Waals surface area contributed by atoms with E-state index in [0.29, 0.717) is 12.5 Å². The van der Waals surface area contributed by atoms with Crippen molar-refractivity contribution in [3.63, 3.8) is 0 Å². The number of carbonyl (C=O) groups excluding carboxylic acids is 2. The van der Waals surface area contributed by atoms with E-state index in [1.807, 2.05) is 56.3 Å². The molecule has 5 heteroatoms. The average molecular weight is 365 g/mol. The monoisotopic (exact) mass is 365 g/mol. The Kier molecular flexibility index (Phi) is 6.12. The molecule has 1 unspecified atom stereocenters. The Hall–Kier alpha value is -2.82. The van der Waals surface area contributed by atoms with Crippen molar-refractivity contribution in [1.29, 1.82) is 0 Å². The summed E-state index contributed by atoms with van der Waals surface area (Å²) >= 11 is 0. The Morgan fingerprint density at radius 1 is 1.00 bits per heavy atom. The molecule has 3 N–H and O–H groups in total. The van der Waals surface area contributed by atoms with Gasteiger partial charge in [-0.1, -0.05) is 56.3 Å². The molecule has 1 saturated carbocycles. The summed E-state index contributed by atoms with van der Waals surface area (Å²) in [6.07, 6.45) is 2.31.